The predicted molar refractivity (Wildman–Crippen MR) is 122 cm³/mol. The highest BCUT2D eigenvalue weighted by Gasteiger charge is 2.56. The molecule has 0 aromatic rings. The van der Waals surface area contributed by atoms with Crippen molar-refractivity contribution < 1.29 is 71.4 Å². The van der Waals surface area contributed by atoms with E-state index in [1.54, 1.807) is 0 Å². The largest absolute Gasteiger partial charge is 0.463 e. The van der Waals surface area contributed by atoms with E-state index in [0.717, 1.165) is 34.6 Å². The minimum Gasteiger partial charge on any atom is -0.463 e. The maximum Gasteiger partial charge on any atom is 0.303 e. The summed E-state index contributed by atoms with van der Waals surface area (Å²) in [6.07, 6.45) is -16.0. The number of esters is 5. The maximum atomic E-state index is 15.0. The Hall–Kier alpha value is -2.40. The lowest BCUT2D eigenvalue weighted by Crippen LogP contribution is -2.66. The number of ether oxygens (including phenoxy) is 8. The zero-order valence-corrected chi connectivity index (χ0v) is 22.8. The van der Waals surface area contributed by atoms with Crippen molar-refractivity contribution in [2.24, 2.45) is 0 Å². The standard InChI is InChI=1S/C22H30BrFO14/c1-8(25)31-7-14-16(18(33-10(3)27)19(21(24)36-14)34-11(4)28)38-22-20(35-12(5)29)17(32-9(2)26)15(30)13(6-23)37-22/h13-22,30H,6-7H2,1-5H3/t13?,14?,15-,16-,17+,18+,19?,20?,21+,22-/m1/s1. The van der Waals surface area contributed by atoms with Crippen molar-refractivity contribution in [1.29, 1.82) is 0 Å². The van der Waals surface area contributed by atoms with E-state index in [9.17, 15) is 33.5 Å². The average Bonchev–Trinajstić information content (AvgIpc) is 2.79. The SMILES string of the molecule is CC(=O)OCC1O[C@H](F)C(OC(C)=O)[C@@H](OC(C)=O)[C@@H]1O[C@H]1OC(CBr)[C@@H](O)[C@H](OC(C)=O)C1OC(C)=O. The van der Waals surface area contributed by atoms with Gasteiger partial charge in [0, 0.05) is 39.9 Å². The Labute approximate surface area is 225 Å². The monoisotopic (exact) mass is 616 g/mol. The van der Waals surface area contributed by atoms with E-state index in [1.807, 2.05) is 0 Å². The zero-order valence-electron chi connectivity index (χ0n) is 21.2. The Bertz CT molecular complexity index is 886. The van der Waals surface area contributed by atoms with Crippen LogP contribution in [0.3, 0.4) is 0 Å². The molecule has 1 N–H and O–H groups in total. The van der Waals surface area contributed by atoms with Gasteiger partial charge in [-0.15, -0.1) is 0 Å². The van der Waals surface area contributed by atoms with E-state index in [2.05, 4.69) is 15.9 Å². The lowest BCUT2D eigenvalue weighted by atomic mass is 9.96. The summed E-state index contributed by atoms with van der Waals surface area (Å²) in [6, 6.07) is 0. The summed E-state index contributed by atoms with van der Waals surface area (Å²) in [5, 5.41) is 10.7. The van der Waals surface area contributed by atoms with E-state index in [1.165, 1.54) is 0 Å². The van der Waals surface area contributed by atoms with Gasteiger partial charge in [-0.25, -0.2) is 4.39 Å². The van der Waals surface area contributed by atoms with Crippen molar-refractivity contribution in [1.82, 2.24) is 0 Å². The molecule has 2 rings (SSSR count). The molecule has 2 aliphatic heterocycles. The van der Waals surface area contributed by atoms with Crippen LogP contribution in [0.15, 0.2) is 0 Å². The summed E-state index contributed by atoms with van der Waals surface area (Å²) in [5.41, 5.74) is 0. The van der Waals surface area contributed by atoms with E-state index in [4.69, 9.17) is 37.9 Å². The summed E-state index contributed by atoms with van der Waals surface area (Å²) in [7, 11) is 0. The predicted octanol–water partition coefficient (Wildman–Crippen LogP) is -0.163. The van der Waals surface area contributed by atoms with Gasteiger partial charge in [-0.3, -0.25) is 24.0 Å². The second-order valence-corrected chi connectivity index (χ2v) is 9.06. The number of alkyl halides is 2. The molecule has 16 heteroatoms. The molecule has 2 fully saturated rings. The minimum atomic E-state index is -2.33. The molecule has 2 saturated heterocycles. The van der Waals surface area contributed by atoms with Gasteiger partial charge in [-0.1, -0.05) is 15.9 Å². The maximum absolute atomic E-state index is 15.0. The van der Waals surface area contributed by atoms with Crippen molar-refractivity contribution in [3.8, 4) is 0 Å². The van der Waals surface area contributed by atoms with Crippen LogP contribution in [-0.2, 0) is 61.9 Å². The molecule has 2 aliphatic rings. The minimum absolute atomic E-state index is 0.00657. The van der Waals surface area contributed by atoms with Crippen molar-refractivity contribution in [2.45, 2.75) is 96.1 Å². The fourth-order valence-corrected chi connectivity index (χ4v) is 4.47. The van der Waals surface area contributed by atoms with E-state index >= 15 is 0 Å². The van der Waals surface area contributed by atoms with Crippen molar-refractivity contribution in [2.75, 3.05) is 11.9 Å². The number of aliphatic hydroxyl groups is 1. The van der Waals surface area contributed by atoms with Crippen LogP contribution in [0.2, 0.25) is 0 Å². The number of aliphatic hydroxyl groups excluding tert-OH is 1. The van der Waals surface area contributed by atoms with Crippen LogP contribution in [-0.4, -0.2) is 108 Å². The molecule has 4 unspecified atom stereocenters. The number of carbonyl (C=O) groups is 5. The number of hydrogen-bond acceptors (Lipinski definition) is 14. The molecule has 0 radical (unpaired) electrons. The number of carbonyl (C=O) groups excluding carboxylic acids is 5. The summed E-state index contributed by atoms with van der Waals surface area (Å²) in [4.78, 5) is 58.7. The first-order chi connectivity index (χ1) is 17.7. The van der Waals surface area contributed by atoms with E-state index in [0.29, 0.717) is 0 Å². The highest BCUT2D eigenvalue weighted by molar-refractivity contribution is 9.09. The molecular weight excluding hydrogens is 587 g/mol. The highest BCUT2D eigenvalue weighted by atomic mass is 79.9. The lowest BCUT2D eigenvalue weighted by Gasteiger charge is -2.47. The molecule has 0 bridgehead atoms. The Morgan fingerprint density at radius 2 is 1.21 bits per heavy atom. The summed E-state index contributed by atoms with van der Waals surface area (Å²) in [5.74, 6) is -4.27. The van der Waals surface area contributed by atoms with Crippen LogP contribution in [0.25, 0.3) is 0 Å². The second-order valence-electron chi connectivity index (χ2n) is 8.41. The Morgan fingerprint density at radius 3 is 1.71 bits per heavy atom. The fraction of sp³-hybridized carbons (Fsp3) is 0.773. The van der Waals surface area contributed by atoms with Gasteiger partial charge in [0.2, 0.25) is 6.36 Å². The van der Waals surface area contributed by atoms with Crippen LogP contribution >= 0.6 is 15.9 Å². The van der Waals surface area contributed by atoms with Crippen molar-refractivity contribution in [3.05, 3.63) is 0 Å². The Morgan fingerprint density at radius 1 is 0.711 bits per heavy atom. The smallest absolute Gasteiger partial charge is 0.303 e. The van der Waals surface area contributed by atoms with Gasteiger partial charge >= 0.3 is 29.8 Å². The van der Waals surface area contributed by atoms with Gasteiger partial charge in [-0.2, -0.15) is 0 Å². The number of halogens is 2. The zero-order chi connectivity index (χ0) is 28.7. The van der Waals surface area contributed by atoms with Crippen LogP contribution in [0, 0.1) is 0 Å². The third-order valence-corrected chi connectivity index (χ3v) is 5.94. The van der Waals surface area contributed by atoms with Gasteiger partial charge in [0.1, 0.15) is 31.0 Å². The first kappa shape index (κ1) is 31.8. The molecule has 0 aliphatic carbocycles. The molecule has 216 valence electrons. The van der Waals surface area contributed by atoms with Crippen LogP contribution in [0.5, 0.6) is 0 Å². The number of hydrogen-bond donors (Lipinski definition) is 1. The molecule has 0 aromatic heterocycles. The third kappa shape index (κ3) is 8.56. The quantitative estimate of drug-likeness (QED) is 0.205. The molecule has 0 aromatic carbocycles. The van der Waals surface area contributed by atoms with Crippen LogP contribution in [0.4, 0.5) is 4.39 Å². The van der Waals surface area contributed by atoms with Gasteiger partial charge in [0.05, 0.1) is 0 Å². The molecule has 2 heterocycles. The first-order valence-corrected chi connectivity index (χ1v) is 12.5. The van der Waals surface area contributed by atoms with Gasteiger partial charge in [-0.05, 0) is 0 Å². The normalized spacial score (nSPS) is 34.9. The Balaban J connectivity index is 2.54. The van der Waals surface area contributed by atoms with Crippen LogP contribution in [0.1, 0.15) is 34.6 Å². The lowest BCUT2D eigenvalue weighted by molar-refractivity contribution is -0.346. The first-order valence-electron chi connectivity index (χ1n) is 11.4. The molecule has 10 atom stereocenters. The topological polar surface area (TPSA) is 179 Å². The van der Waals surface area contributed by atoms with Crippen LogP contribution < -0.4 is 0 Å². The summed E-state index contributed by atoms with van der Waals surface area (Å²) >= 11 is 3.16. The third-order valence-electron chi connectivity index (χ3n) is 5.30. The molecule has 0 saturated carbocycles. The molecule has 0 amide bonds. The molecule has 38 heavy (non-hydrogen) atoms. The molecule has 0 spiro atoms. The Kier molecular flexibility index (Phi) is 11.8. The van der Waals surface area contributed by atoms with Gasteiger partial charge in [0.15, 0.2) is 30.7 Å². The molecule has 14 nitrogen and oxygen atoms in total. The summed E-state index contributed by atoms with van der Waals surface area (Å²) in [6.45, 7) is 4.61. The highest BCUT2D eigenvalue weighted by Crippen LogP contribution is 2.34. The summed E-state index contributed by atoms with van der Waals surface area (Å²) < 4.78 is 57.6. The van der Waals surface area contributed by atoms with E-state index in [-0.39, 0.29) is 5.33 Å². The fourth-order valence-electron chi connectivity index (χ4n) is 3.93. The average molecular weight is 617 g/mol. The van der Waals surface area contributed by atoms with Crippen molar-refractivity contribution in [3.63, 3.8) is 0 Å². The number of rotatable bonds is 9. The van der Waals surface area contributed by atoms with Gasteiger partial charge in [0.25, 0.3) is 0 Å². The van der Waals surface area contributed by atoms with Gasteiger partial charge < -0.3 is 43.0 Å². The van der Waals surface area contributed by atoms with Crippen molar-refractivity contribution >= 4 is 45.8 Å². The second kappa shape index (κ2) is 14.1. The van der Waals surface area contributed by atoms with E-state index < -0.39 is 97.9 Å². The molecular formula is C22H30BrFO14.